The number of hydrogen-bond donors (Lipinski definition) is 2. The quantitative estimate of drug-likeness (QED) is 0.0343. The fourth-order valence-corrected chi connectivity index (χ4v) is 13.2. The Balaban J connectivity index is -0.0000120. The predicted octanol–water partition coefficient (Wildman–Crippen LogP) is -35.6. The van der Waals surface area contributed by atoms with Gasteiger partial charge in [-0.3, -0.25) is 25.1 Å². The van der Waals surface area contributed by atoms with Gasteiger partial charge < -0.3 is 134 Å². The maximum Gasteiger partial charge on any atom is 1.00 e. The molecule has 0 saturated carbocycles. The maximum atomic E-state index is 13.6. The SMILES string of the molecule is CCCO[C@H]1[C@H](O)[C@@H](N)[C@H](O[C@H]2[C@H](OC)[C@@H](OC)[C@@H](O[C@H]3[C@H](OS(=O)(=O)[O-])[C@@H](OS(=O)(=O)[O-])[C@@H](O[C@H]4[C@H](OC)[C@H]5OC[C@]4(C(=O)[O-])OC5O[C@H]4[C@H](OC)[C@@H](OS(=O)(=O)[O-])[C@@H](OC)O[C@@H]4COS(=O)(=O)[O-])O[C@@H]3COS(=O)(=O)[O-])O[C@]2(CC)C(=O)[O-])O[C@@H]1COS(=O)(=O)[O-].[Na+].[Na+].[Na+].[Na+].[Na+].[Na+].[Na+].[Na+]. The molecule has 0 aliphatic carbocycles. The van der Waals surface area contributed by atoms with Crippen molar-refractivity contribution in [1.82, 2.24) is 0 Å². The van der Waals surface area contributed by atoms with Crippen molar-refractivity contribution in [3.63, 3.8) is 0 Å². The molecule has 7 saturated heterocycles. The van der Waals surface area contributed by atoms with Gasteiger partial charge in [-0.25, -0.2) is 50.5 Å². The largest absolute Gasteiger partial charge is 1.00 e. The Kier molecular flexibility index (Phi) is 50.8. The average molecular weight is 1660 g/mol. The van der Waals surface area contributed by atoms with Gasteiger partial charge in [0.05, 0.1) is 44.4 Å². The second-order valence-electron chi connectivity index (χ2n) is 20.3. The summed E-state index contributed by atoms with van der Waals surface area (Å²) in [4.78, 5) is 27.1. The molecular weight excluding hydrogens is 1600 g/mol. The summed E-state index contributed by atoms with van der Waals surface area (Å²) >= 11 is 0. The number of hydrogen-bond acceptors (Lipinski definition) is 46. The number of carbonyl (C=O) groups excluding carboxylic acids is 2. The maximum absolute atomic E-state index is 13.6. The number of rotatable bonds is 34. The molecule has 3 N–H and O–H groups in total. The smallest absolute Gasteiger partial charge is 0.726 e. The summed E-state index contributed by atoms with van der Waals surface area (Å²) in [5.74, 6) is -4.75. The van der Waals surface area contributed by atoms with E-state index in [9.17, 15) is 103 Å². The van der Waals surface area contributed by atoms with E-state index in [1.165, 1.54) is 0 Å². The molecule has 60 heteroatoms. The molecule has 544 valence electrons. The zero-order chi connectivity index (χ0) is 69.9. The normalized spacial score (nSPS) is 36.6. The van der Waals surface area contributed by atoms with Crippen LogP contribution in [0.4, 0.5) is 0 Å². The fourth-order valence-electron chi connectivity index (χ4n) is 10.9. The van der Waals surface area contributed by atoms with Crippen molar-refractivity contribution in [2.45, 2.75) is 179 Å². The van der Waals surface area contributed by atoms with Gasteiger partial charge in [-0.2, -0.15) is 0 Å². The molecule has 46 nitrogen and oxygen atoms in total. The molecular formula is C41H61NNa8O45S6. The number of aliphatic carboxylic acids is 2. The number of aliphatic hydroxyl groups is 1. The molecule has 7 aliphatic rings. The number of carboxylic acid groups (broad SMARTS) is 2. The van der Waals surface area contributed by atoms with Gasteiger partial charge >= 0.3 is 236 Å². The minimum absolute atomic E-state index is 0. The van der Waals surface area contributed by atoms with E-state index in [0.717, 1.165) is 42.5 Å². The fraction of sp³-hybridized carbons (Fsp3) is 0.951. The van der Waals surface area contributed by atoms with Gasteiger partial charge in [-0.1, -0.05) is 13.8 Å². The second kappa shape index (κ2) is 46.4. The van der Waals surface area contributed by atoms with Crippen LogP contribution in [0, 0.1) is 0 Å². The Morgan fingerprint density at radius 3 is 1.27 bits per heavy atom. The van der Waals surface area contributed by atoms with Crippen LogP contribution >= 0.6 is 0 Å². The Morgan fingerprint density at radius 2 is 0.861 bits per heavy atom. The van der Waals surface area contributed by atoms with E-state index < -0.39 is 260 Å². The zero-order valence-electron chi connectivity index (χ0n) is 56.7. The third-order valence-electron chi connectivity index (χ3n) is 14.8. The Bertz CT molecular complexity index is 3280. The minimum atomic E-state index is -6.47. The van der Waals surface area contributed by atoms with Crippen molar-refractivity contribution in [3.8, 4) is 0 Å². The van der Waals surface area contributed by atoms with Crippen LogP contribution in [0.5, 0.6) is 0 Å². The summed E-state index contributed by atoms with van der Waals surface area (Å²) in [6, 6.07) is -1.80. The summed E-state index contributed by atoms with van der Waals surface area (Å²) < 4.78 is 335. The van der Waals surface area contributed by atoms with Crippen LogP contribution in [0.1, 0.15) is 26.7 Å². The van der Waals surface area contributed by atoms with Crippen molar-refractivity contribution in [2.75, 3.05) is 68.6 Å². The second-order valence-corrected chi connectivity index (χ2v) is 26.5. The first kappa shape index (κ1) is 111. The molecule has 7 aliphatic heterocycles. The Labute approximate surface area is 756 Å². The van der Waals surface area contributed by atoms with Crippen molar-refractivity contribution < 1.29 is 440 Å². The number of carbonyl (C=O) groups is 2. The molecule has 7 rings (SSSR count). The van der Waals surface area contributed by atoms with Crippen LogP contribution in [-0.4, -0.2) is 316 Å². The van der Waals surface area contributed by atoms with Gasteiger partial charge in [-0.15, -0.1) is 0 Å². The van der Waals surface area contributed by atoms with Crippen molar-refractivity contribution >= 4 is 74.3 Å². The molecule has 0 aromatic rings. The van der Waals surface area contributed by atoms with Gasteiger partial charge in [-0.05, 0) is 12.8 Å². The summed E-state index contributed by atoms with van der Waals surface area (Å²) in [5.41, 5.74) is -0.176. The summed E-state index contributed by atoms with van der Waals surface area (Å²) in [5, 5.41) is 38.4. The van der Waals surface area contributed by atoms with Crippen molar-refractivity contribution in [1.29, 1.82) is 0 Å². The van der Waals surface area contributed by atoms with E-state index in [1.807, 2.05) is 0 Å². The molecule has 7 heterocycles. The average Bonchev–Trinajstić information content (AvgIpc) is 0.709. The van der Waals surface area contributed by atoms with Crippen LogP contribution in [0.3, 0.4) is 0 Å². The Morgan fingerprint density at radius 1 is 0.455 bits per heavy atom. The minimum Gasteiger partial charge on any atom is -0.726 e. The molecule has 101 heavy (non-hydrogen) atoms. The van der Waals surface area contributed by atoms with E-state index >= 15 is 0 Å². The standard InChI is InChI=1S/C41H69NO45S6.8Na/c1-8-10-71-20-15(11-73-88(48,49)50)76-33(18(42)19(20)43)81-31-25(67-4)27(69-6)36(83-40(31,9-2)38(44)45)80-22-17(13-75-90(54,55)56)78-35(30(87-93(63,64)65)24(22)85-91(57,58)59)82-32-26(68-5)28-37(84-41(32,14-72-28)39(46)47)79-21-16(12-74-89(51,52)53)77-34(70-7)29(23(21)66-3)86-92(60,61)62;;;;;;;;/h15-37,43H,8-14,42H2,1-7H3,(H,44,45)(H,46,47)(H,48,49,50)(H,51,52,53)(H,54,55,56)(H,57,58,59)(H,60,61,62)(H,63,64,65);;;;;;;;/q;8*+1/p-8/t15-,16-,17-,18-,19-,20-,21-,22-,23+,24+,25-,26-,27-,28-,29-,30-,31+,32+,33+,34+,35-,36+,37?,40+,41+;;;;;;;;/m1......../s1. The topological polar surface area (TPSA) is 673 Å². The van der Waals surface area contributed by atoms with E-state index in [2.05, 4.69) is 25.1 Å². The first-order valence-electron chi connectivity index (χ1n) is 26.4. The van der Waals surface area contributed by atoms with Gasteiger partial charge in [0.2, 0.25) is 62.4 Å². The number of methoxy groups -OCH3 is 5. The van der Waals surface area contributed by atoms with E-state index in [1.54, 1.807) is 6.92 Å². The third-order valence-corrected chi connectivity index (χ3v) is 17.4. The third kappa shape index (κ3) is 29.5. The number of carboxylic acids is 2. The summed E-state index contributed by atoms with van der Waals surface area (Å²) in [7, 11) is -31.7. The summed E-state index contributed by atoms with van der Waals surface area (Å²) in [6.45, 7) is -3.13. The molecule has 0 amide bonds. The molecule has 25 atom stereocenters. The molecule has 0 aromatic heterocycles. The molecule has 2 bridgehead atoms. The summed E-state index contributed by atoms with van der Waals surface area (Å²) in [6.07, 6.45) is -51.8. The molecule has 7 fully saturated rings. The number of fused-ring (bicyclic) bond motifs is 3. The molecule has 0 spiro atoms. The van der Waals surface area contributed by atoms with Crippen molar-refractivity contribution in [2.24, 2.45) is 5.73 Å². The van der Waals surface area contributed by atoms with Crippen LogP contribution in [0.2, 0.25) is 0 Å². The van der Waals surface area contributed by atoms with Crippen molar-refractivity contribution in [3.05, 3.63) is 0 Å². The van der Waals surface area contributed by atoms with Gasteiger partial charge in [0.25, 0.3) is 0 Å². The number of ether oxygens (including phenoxy) is 16. The first-order valence-corrected chi connectivity index (χ1v) is 34.4. The van der Waals surface area contributed by atoms with Crippen LogP contribution < -0.4 is 252 Å². The van der Waals surface area contributed by atoms with Crippen LogP contribution in [0.25, 0.3) is 0 Å². The van der Waals surface area contributed by atoms with Gasteiger partial charge in [0, 0.05) is 42.2 Å². The molecule has 0 radical (unpaired) electrons. The Hall–Kier alpha value is 5.44. The van der Waals surface area contributed by atoms with Gasteiger partial charge in [0.1, 0.15) is 97.2 Å². The van der Waals surface area contributed by atoms with Crippen LogP contribution in [0.15, 0.2) is 0 Å². The van der Waals surface area contributed by atoms with Gasteiger partial charge in [0.15, 0.2) is 49.3 Å². The monoisotopic (exact) mass is 1660 g/mol. The molecule has 0 aromatic carbocycles. The number of aliphatic hydroxyl groups excluding tert-OH is 1. The van der Waals surface area contributed by atoms with Crippen LogP contribution in [-0.2, 0) is 173 Å². The van der Waals surface area contributed by atoms with E-state index in [-0.39, 0.29) is 249 Å². The first-order chi connectivity index (χ1) is 42.9. The van der Waals surface area contributed by atoms with E-state index in [4.69, 9.17) is 81.5 Å². The van der Waals surface area contributed by atoms with E-state index in [0.29, 0.717) is 0 Å². The molecule has 1 unspecified atom stereocenters. The zero-order valence-corrected chi connectivity index (χ0v) is 77.6. The predicted molar refractivity (Wildman–Crippen MR) is 266 cm³/mol. The number of nitrogens with two attached hydrogens (primary N) is 1.